The van der Waals surface area contributed by atoms with Gasteiger partial charge in [0, 0.05) is 0 Å². The van der Waals surface area contributed by atoms with Crippen molar-refractivity contribution in [2.45, 2.75) is 6.92 Å². The molecule has 110 valence electrons. The number of hydrogen-bond donors (Lipinski definition) is 1. The molecule has 5 nitrogen and oxygen atoms in total. The zero-order valence-corrected chi connectivity index (χ0v) is 12.8. The number of rotatable bonds is 6. The molecule has 0 bridgehead atoms. The van der Waals surface area contributed by atoms with Gasteiger partial charge >= 0.3 is 5.97 Å². The van der Waals surface area contributed by atoms with Crippen LogP contribution >= 0.6 is 23.2 Å². The third-order valence-electron chi connectivity index (χ3n) is 2.35. The molecule has 0 saturated heterocycles. The van der Waals surface area contributed by atoms with Gasteiger partial charge in [-0.3, -0.25) is 14.5 Å². The topological polar surface area (TPSA) is 58.6 Å². The van der Waals surface area contributed by atoms with Gasteiger partial charge in [-0.25, -0.2) is 0 Å². The van der Waals surface area contributed by atoms with E-state index < -0.39 is 0 Å². The number of ether oxygens (including phenoxy) is 1. The Labute approximate surface area is 127 Å². The van der Waals surface area contributed by atoms with Crippen LogP contribution in [0.1, 0.15) is 6.92 Å². The van der Waals surface area contributed by atoms with E-state index in [1.165, 1.54) is 4.90 Å². The van der Waals surface area contributed by atoms with Crippen molar-refractivity contribution in [3.8, 4) is 0 Å². The quantitative estimate of drug-likeness (QED) is 0.818. The van der Waals surface area contributed by atoms with Crippen molar-refractivity contribution >= 4 is 40.8 Å². The summed E-state index contributed by atoms with van der Waals surface area (Å²) in [5.41, 5.74) is 0.366. The summed E-state index contributed by atoms with van der Waals surface area (Å²) in [5.74, 6) is -0.689. The van der Waals surface area contributed by atoms with Gasteiger partial charge in [0.25, 0.3) is 0 Å². The number of benzene rings is 1. The van der Waals surface area contributed by atoms with E-state index in [9.17, 15) is 9.59 Å². The van der Waals surface area contributed by atoms with Gasteiger partial charge in [0.1, 0.15) is 0 Å². The average molecular weight is 319 g/mol. The zero-order valence-electron chi connectivity index (χ0n) is 11.3. The van der Waals surface area contributed by atoms with Crippen LogP contribution in [0.5, 0.6) is 0 Å². The van der Waals surface area contributed by atoms with E-state index >= 15 is 0 Å². The van der Waals surface area contributed by atoms with Gasteiger partial charge in [-0.15, -0.1) is 0 Å². The summed E-state index contributed by atoms with van der Waals surface area (Å²) in [7, 11) is 1.64. The maximum absolute atomic E-state index is 11.8. The van der Waals surface area contributed by atoms with Crippen molar-refractivity contribution in [1.82, 2.24) is 4.90 Å². The molecule has 1 amide bonds. The van der Waals surface area contributed by atoms with Gasteiger partial charge < -0.3 is 10.1 Å². The summed E-state index contributed by atoms with van der Waals surface area (Å²) in [6.07, 6.45) is 0. The first-order valence-corrected chi connectivity index (χ1v) is 6.77. The Morgan fingerprint density at radius 3 is 2.40 bits per heavy atom. The molecule has 1 aromatic rings. The minimum atomic E-state index is -0.376. The average Bonchev–Trinajstić information content (AvgIpc) is 2.34. The summed E-state index contributed by atoms with van der Waals surface area (Å²) in [5, 5.41) is 3.34. The van der Waals surface area contributed by atoms with Crippen LogP contribution in [0, 0.1) is 0 Å². The van der Waals surface area contributed by atoms with E-state index in [1.54, 1.807) is 32.2 Å². The molecular weight excluding hydrogens is 303 g/mol. The number of nitrogens with zero attached hydrogens (tertiary/aromatic N) is 1. The lowest BCUT2D eigenvalue weighted by Crippen LogP contribution is -2.34. The molecule has 0 heterocycles. The summed E-state index contributed by atoms with van der Waals surface area (Å²) in [4.78, 5) is 24.6. The van der Waals surface area contributed by atoms with E-state index in [4.69, 9.17) is 27.9 Å². The van der Waals surface area contributed by atoms with Crippen molar-refractivity contribution < 1.29 is 14.3 Å². The minimum absolute atomic E-state index is 0.0281. The Kier molecular flexibility index (Phi) is 6.78. The molecule has 0 radical (unpaired) electrons. The normalized spacial score (nSPS) is 10.4. The van der Waals surface area contributed by atoms with Crippen LogP contribution in [0.25, 0.3) is 0 Å². The standard InChI is InChI=1S/C13H16Cl2N2O3/c1-3-20-12(19)8-17(2)7-11(18)16-13-9(14)5-4-6-10(13)15/h4-6H,3,7-8H2,1-2H3,(H,16,18). The zero-order chi connectivity index (χ0) is 15.1. The van der Waals surface area contributed by atoms with Crippen molar-refractivity contribution in [1.29, 1.82) is 0 Å². The van der Waals surface area contributed by atoms with Crippen LogP contribution in [0.15, 0.2) is 18.2 Å². The van der Waals surface area contributed by atoms with E-state index in [0.29, 0.717) is 22.3 Å². The fourth-order valence-corrected chi connectivity index (χ4v) is 2.02. The first kappa shape index (κ1) is 16.8. The molecule has 1 N–H and O–H groups in total. The SMILES string of the molecule is CCOC(=O)CN(C)CC(=O)Nc1c(Cl)cccc1Cl. The molecule has 1 aromatic carbocycles. The molecular formula is C13H16Cl2N2O3. The molecule has 0 fully saturated rings. The van der Waals surface area contributed by atoms with Crippen molar-refractivity contribution in [2.75, 3.05) is 32.1 Å². The van der Waals surface area contributed by atoms with E-state index in [-0.39, 0.29) is 25.0 Å². The number of nitrogens with one attached hydrogen (secondary N) is 1. The summed E-state index contributed by atoms with van der Waals surface area (Å²) < 4.78 is 4.80. The van der Waals surface area contributed by atoms with Crippen molar-refractivity contribution in [2.24, 2.45) is 0 Å². The van der Waals surface area contributed by atoms with Gasteiger partial charge in [-0.2, -0.15) is 0 Å². The van der Waals surface area contributed by atoms with Crippen LogP contribution in [0.4, 0.5) is 5.69 Å². The second-order valence-electron chi connectivity index (χ2n) is 4.12. The maximum Gasteiger partial charge on any atom is 0.320 e. The molecule has 1 rings (SSSR count). The smallest absolute Gasteiger partial charge is 0.320 e. The third-order valence-corrected chi connectivity index (χ3v) is 2.97. The highest BCUT2D eigenvalue weighted by Gasteiger charge is 2.13. The number of anilines is 1. The van der Waals surface area contributed by atoms with Gasteiger partial charge in [0.05, 0.1) is 35.4 Å². The molecule has 7 heteroatoms. The molecule has 0 unspecified atom stereocenters. The maximum atomic E-state index is 11.8. The predicted octanol–water partition coefficient (Wildman–Crippen LogP) is 2.43. The van der Waals surface area contributed by atoms with Crippen LogP contribution in [-0.2, 0) is 14.3 Å². The summed E-state index contributed by atoms with van der Waals surface area (Å²) >= 11 is 11.9. The molecule has 0 aliphatic rings. The van der Waals surface area contributed by atoms with Crippen LogP contribution in [0.3, 0.4) is 0 Å². The van der Waals surface area contributed by atoms with Gasteiger partial charge in [0.2, 0.25) is 5.91 Å². The largest absolute Gasteiger partial charge is 0.465 e. The second kappa shape index (κ2) is 8.09. The number of esters is 1. The summed E-state index contributed by atoms with van der Waals surface area (Å²) in [6.45, 7) is 2.11. The number of hydrogen-bond acceptors (Lipinski definition) is 4. The Hall–Kier alpha value is -1.30. The number of para-hydroxylation sites is 1. The number of amides is 1. The first-order chi connectivity index (χ1) is 9.43. The van der Waals surface area contributed by atoms with Crippen LogP contribution in [0.2, 0.25) is 10.0 Å². The molecule has 0 spiro atoms. The number of likely N-dealkylation sites (N-methyl/N-ethyl adjacent to an activating group) is 1. The lowest BCUT2D eigenvalue weighted by atomic mass is 10.3. The van der Waals surface area contributed by atoms with Crippen LogP contribution < -0.4 is 5.32 Å². The van der Waals surface area contributed by atoms with E-state index in [0.717, 1.165) is 0 Å². The number of carbonyl (C=O) groups is 2. The fraction of sp³-hybridized carbons (Fsp3) is 0.385. The molecule has 0 aliphatic carbocycles. The van der Waals surface area contributed by atoms with E-state index in [1.807, 2.05) is 0 Å². The van der Waals surface area contributed by atoms with Gasteiger partial charge in [-0.1, -0.05) is 29.3 Å². The third kappa shape index (κ3) is 5.36. The molecule has 0 saturated carbocycles. The fourth-order valence-electron chi connectivity index (χ4n) is 1.52. The molecule has 20 heavy (non-hydrogen) atoms. The highest BCUT2D eigenvalue weighted by molar-refractivity contribution is 6.39. The lowest BCUT2D eigenvalue weighted by Gasteiger charge is -2.16. The van der Waals surface area contributed by atoms with Gasteiger partial charge in [0.15, 0.2) is 0 Å². The molecule has 0 aliphatic heterocycles. The Bertz CT molecular complexity index is 474. The highest BCUT2D eigenvalue weighted by Crippen LogP contribution is 2.29. The molecule has 0 aromatic heterocycles. The monoisotopic (exact) mass is 318 g/mol. The van der Waals surface area contributed by atoms with Crippen LogP contribution in [-0.4, -0.2) is 43.5 Å². The van der Waals surface area contributed by atoms with Crippen molar-refractivity contribution in [3.63, 3.8) is 0 Å². The first-order valence-electron chi connectivity index (χ1n) is 6.02. The van der Waals surface area contributed by atoms with Gasteiger partial charge in [-0.05, 0) is 26.1 Å². The number of carbonyl (C=O) groups excluding carboxylic acids is 2. The van der Waals surface area contributed by atoms with Crippen molar-refractivity contribution in [3.05, 3.63) is 28.2 Å². The minimum Gasteiger partial charge on any atom is -0.465 e. The number of halogens is 2. The lowest BCUT2D eigenvalue weighted by molar-refractivity contribution is -0.144. The highest BCUT2D eigenvalue weighted by atomic mass is 35.5. The Morgan fingerprint density at radius 1 is 1.25 bits per heavy atom. The Balaban J connectivity index is 2.53. The second-order valence-corrected chi connectivity index (χ2v) is 4.94. The Morgan fingerprint density at radius 2 is 1.85 bits per heavy atom. The van der Waals surface area contributed by atoms with E-state index in [2.05, 4.69) is 5.32 Å². The summed E-state index contributed by atoms with van der Waals surface area (Å²) in [6, 6.07) is 4.95. The predicted molar refractivity (Wildman–Crippen MR) is 79.2 cm³/mol. The molecule has 0 atom stereocenters.